The maximum absolute atomic E-state index is 10.4. The quantitative estimate of drug-likeness (QED) is 0.615. The van der Waals surface area contributed by atoms with Crippen molar-refractivity contribution in [3.8, 4) is 0 Å². The third kappa shape index (κ3) is 9.93. The van der Waals surface area contributed by atoms with E-state index in [1.807, 2.05) is 13.8 Å². The smallest absolute Gasteiger partial charge is 0.243 e. The molecule has 1 amide bonds. The fourth-order valence-electron chi connectivity index (χ4n) is 1.13. The summed E-state index contributed by atoms with van der Waals surface area (Å²) in [7, 11) is 0. The fourth-order valence-corrected chi connectivity index (χ4v) is 1.13. The molecule has 0 unspecified atom stereocenters. The number of primary amides is 1. The Bertz CT molecular complexity index is 202. The summed E-state index contributed by atoms with van der Waals surface area (Å²) in [6.45, 7) is 9.65. The highest BCUT2D eigenvalue weighted by atomic mass is 16.5. The summed E-state index contributed by atoms with van der Waals surface area (Å²) in [6, 6.07) is 0. The Hall–Kier alpha value is -0.610. The van der Waals surface area contributed by atoms with E-state index in [0.29, 0.717) is 12.5 Å². The molecule has 0 aliphatic heterocycles. The van der Waals surface area contributed by atoms with Crippen LogP contribution in [0.1, 0.15) is 40.5 Å². The Morgan fingerprint density at radius 1 is 1.31 bits per heavy atom. The monoisotopic (exact) mass is 231 g/mol. The van der Waals surface area contributed by atoms with Crippen LogP contribution in [0.15, 0.2) is 0 Å². The minimum Gasteiger partial charge on any atom is -0.375 e. The van der Waals surface area contributed by atoms with Crippen molar-refractivity contribution in [2.45, 2.75) is 46.1 Å². The molecule has 2 N–H and O–H groups in total. The second kappa shape index (κ2) is 7.63. The molecule has 0 aromatic rings. The molecule has 0 aliphatic rings. The minimum atomic E-state index is -0.432. The van der Waals surface area contributed by atoms with Gasteiger partial charge >= 0.3 is 0 Å². The van der Waals surface area contributed by atoms with Gasteiger partial charge in [0.1, 0.15) is 6.61 Å². The van der Waals surface area contributed by atoms with Gasteiger partial charge in [-0.3, -0.25) is 4.79 Å². The standard InChI is InChI=1S/C12H25NO3/c1-10(2)5-7-16-12(3,4)6-8-15-9-11(13)14/h10H,5-9H2,1-4H3,(H2,13,14). The van der Waals surface area contributed by atoms with Gasteiger partial charge in [0.25, 0.3) is 0 Å². The summed E-state index contributed by atoms with van der Waals surface area (Å²) in [5, 5.41) is 0. The second-order valence-electron chi connectivity index (χ2n) is 5.06. The molecular formula is C12H25NO3. The summed E-state index contributed by atoms with van der Waals surface area (Å²) in [5.74, 6) is 0.223. The molecule has 0 fully saturated rings. The maximum atomic E-state index is 10.4. The lowest BCUT2D eigenvalue weighted by Gasteiger charge is -2.25. The van der Waals surface area contributed by atoms with Crippen molar-refractivity contribution in [2.24, 2.45) is 11.7 Å². The van der Waals surface area contributed by atoms with E-state index in [0.717, 1.165) is 19.4 Å². The highest BCUT2D eigenvalue weighted by Crippen LogP contribution is 2.15. The second-order valence-corrected chi connectivity index (χ2v) is 5.06. The molecule has 0 bridgehead atoms. The lowest BCUT2D eigenvalue weighted by atomic mass is 10.1. The summed E-state index contributed by atoms with van der Waals surface area (Å²) in [4.78, 5) is 10.4. The van der Waals surface area contributed by atoms with Crippen LogP contribution in [-0.4, -0.2) is 31.3 Å². The molecule has 0 radical (unpaired) electrons. The van der Waals surface area contributed by atoms with E-state index >= 15 is 0 Å². The van der Waals surface area contributed by atoms with Gasteiger partial charge in [-0.1, -0.05) is 13.8 Å². The van der Waals surface area contributed by atoms with Gasteiger partial charge < -0.3 is 15.2 Å². The van der Waals surface area contributed by atoms with E-state index in [9.17, 15) is 4.79 Å². The number of ether oxygens (including phenoxy) is 2. The predicted octanol–water partition coefficient (Wildman–Crippen LogP) is 1.72. The molecule has 4 heteroatoms. The SMILES string of the molecule is CC(C)CCOC(C)(C)CCOCC(N)=O. The van der Waals surface area contributed by atoms with Crippen molar-refractivity contribution in [1.29, 1.82) is 0 Å². The van der Waals surface area contributed by atoms with Crippen LogP contribution in [-0.2, 0) is 14.3 Å². The number of carbonyl (C=O) groups is 1. The maximum Gasteiger partial charge on any atom is 0.243 e. The zero-order chi connectivity index (χ0) is 12.6. The first-order valence-corrected chi connectivity index (χ1v) is 5.83. The zero-order valence-electron chi connectivity index (χ0n) is 10.9. The first-order valence-electron chi connectivity index (χ1n) is 5.83. The van der Waals surface area contributed by atoms with Crippen molar-refractivity contribution < 1.29 is 14.3 Å². The van der Waals surface area contributed by atoms with Gasteiger partial charge in [-0.05, 0) is 32.6 Å². The van der Waals surface area contributed by atoms with Crippen molar-refractivity contribution in [2.75, 3.05) is 19.8 Å². The van der Waals surface area contributed by atoms with Gasteiger partial charge in [-0.15, -0.1) is 0 Å². The molecule has 0 heterocycles. The molecular weight excluding hydrogens is 206 g/mol. The van der Waals surface area contributed by atoms with Crippen LogP contribution in [0.5, 0.6) is 0 Å². The average molecular weight is 231 g/mol. The number of hydrogen-bond acceptors (Lipinski definition) is 3. The van der Waals surface area contributed by atoms with Crippen molar-refractivity contribution in [3.63, 3.8) is 0 Å². The summed E-state index contributed by atoms with van der Waals surface area (Å²) >= 11 is 0. The van der Waals surface area contributed by atoms with Gasteiger partial charge in [0.15, 0.2) is 0 Å². The Labute approximate surface area is 98.5 Å². The van der Waals surface area contributed by atoms with E-state index < -0.39 is 5.91 Å². The Morgan fingerprint density at radius 3 is 2.44 bits per heavy atom. The third-order valence-electron chi connectivity index (χ3n) is 2.28. The molecule has 96 valence electrons. The molecule has 0 rings (SSSR count). The number of nitrogens with two attached hydrogens (primary N) is 1. The molecule has 0 aliphatic carbocycles. The van der Waals surface area contributed by atoms with Crippen LogP contribution >= 0.6 is 0 Å². The van der Waals surface area contributed by atoms with Crippen molar-refractivity contribution >= 4 is 5.91 Å². The van der Waals surface area contributed by atoms with Crippen molar-refractivity contribution in [3.05, 3.63) is 0 Å². The first-order chi connectivity index (χ1) is 7.33. The minimum absolute atomic E-state index is 0.0118. The van der Waals surface area contributed by atoms with Crippen LogP contribution in [0, 0.1) is 5.92 Å². The summed E-state index contributed by atoms with van der Waals surface area (Å²) in [6.07, 6.45) is 1.82. The fraction of sp³-hybridized carbons (Fsp3) is 0.917. The third-order valence-corrected chi connectivity index (χ3v) is 2.28. The van der Waals surface area contributed by atoms with Gasteiger partial charge in [-0.25, -0.2) is 0 Å². The van der Waals surface area contributed by atoms with E-state index in [1.54, 1.807) is 0 Å². The van der Waals surface area contributed by atoms with Crippen LogP contribution in [0.2, 0.25) is 0 Å². The number of carbonyl (C=O) groups excluding carboxylic acids is 1. The average Bonchev–Trinajstić information content (AvgIpc) is 2.11. The Morgan fingerprint density at radius 2 is 1.94 bits per heavy atom. The topological polar surface area (TPSA) is 61.6 Å². The van der Waals surface area contributed by atoms with E-state index in [2.05, 4.69) is 13.8 Å². The molecule has 0 saturated carbocycles. The van der Waals surface area contributed by atoms with Crippen molar-refractivity contribution in [1.82, 2.24) is 0 Å². The number of rotatable bonds is 9. The zero-order valence-corrected chi connectivity index (χ0v) is 10.9. The molecule has 0 atom stereocenters. The molecule has 0 aromatic heterocycles. The van der Waals surface area contributed by atoms with E-state index in [4.69, 9.17) is 15.2 Å². The van der Waals surface area contributed by atoms with E-state index in [-0.39, 0.29) is 12.2 Å². The first kappa shape index (κ1) is 15.4. The molecule has 0 spiro atoms. The van der Waals surface area contributed by atoms with Gasteiger partial charge in [-0.2, -0.15) is 0 Å². The van der Waals surface area contributed by atoms with Crippen LogP contribution in [0.3, 0.4) is 0 Å². The number of hydrogen-bond donors (Lipinski definition) is 1. The largest absolute Gasteiger partial charge is 0.375 e. The van der Waals surface area contributed by atoms with E-state index in [1.165, 1.54) is 0 Å². The normalized spacial score (nSPS) is 12.1. The summed E-state index contributed by atoms with van der Waals surface area (Å²) < 4.78 is 10.9. The van der Waals surface area contributed by atoms with Crippen LogP contribution in [0.4, 0.5) is 0 Å². The van der Waals surface area contributed by atoms with Gasteiger partial charge in [0.05, 0.1) is 5.60 Å². The Kier molecular flexibility index (Phi) is 7.34. The molecule has 0 saturated heterocycles. The van der Waals surface area contributed by atoms with Crippen LogP contribution < -0.4 is 5.73 Å². The van der Waals surface area contributed by atoms with Gasteiger partial charge in [0.2, 0.25) is 5.91 Å². The van der Waals surface area contributed by atoms with Crippen LogP contribution in [0.25, 0.3) is 0 Å². The lowest BCUT2D eigenvalue weighted by molar-refractivity contribution is -0.123. The van der Waals surface area contributed by atoms with Gasteiger partial charge in [0, 0.05) is 13.2 Å². The molecule has 4 nitrogen and oxygen atoms in total. The molecule has 16 heavy (non-hydrogen) atoms. The lowest BCUT2D eigenvalue weighted by Crippen LogP contribution is -2.28. The summed E-state index contributed by atoms with van der Waals surface area (Å²) in [5.41, 5.74) is 4.76. The number of amides is 1. The Balaban J connectivity index is 3.57. The molecule has 0 aromatic carbocycles. The predicted molar refractivity (Wildman–Crippen MR) is 64.1 cm³/mol. The highest BCUT2D eigenvalue weighted by Gasteiger charge is 2.18. The highest BCUT2D eigenvalue weighted by molar-refractivity contribution is 5.74.